The van der Waals surface area contributed by atoms with E-state index in [1.807, 2.05) is 12.1 Å². The van der Waals surface area contributed by atoms with E-state index in [9.17, 15) is 0 Å². The third kappa shape index (κ3) is 2.31. The van der Waals surface area contributed by atoms with Crippen molar-refractivity contribution in [2.24, 2.45) is 5.92 Å². The summed E-state index contributed by atoms with van der Waals surface area (Å²) in [5, 5.41) is 0. The number of ether oxygens (including phenoxy) is 3. The zero-order chi connectivity index (χ0) is 13.1. The second-order valence-corrected chi connectivity index (χ2v) is 4.66. The van der Waals surface area contributed by atoms with Crippen molar-refractivity contribution in [2.75, 3.05) is 32.8 Å². The van der Waals surface area contributed by atoms with Crippen LogP contribution in [0.3, 0.4) is 0 Å². The lowest BCUT2D eigenvalue weighted by Gasteiger charge is -2.50. The third-order valence-corrected chi connectivity index (χ3v) is 3.58. The van der Waals surface area contributed by atoms with Crippen molar-refractivity contribution in [3.05, 3.63) is 24.3 Å². The van der Waals surface area contributed by atoms with Crippen LogP contribution in [0.15, 0.2) is 24.3 Å². The topological polar surface area (TPSA) is 30.9 Å². The third-order valence-electron chi connectivity index (χ3n) is 3.58. The maximum absolute atomic E-state index is 5.38. The van der Waals surface area contributed by atoms with Gasteiger partial charge in [0.15, 0.2) is 6.29 Å². The summed E-state index contributed by atoms with van der Waals surface area (Å²) in [7, 11) is 5.05. The van der Waals surface area contributed by atoms with Gasteiger partial charge in [-0.3, -0.25) is 0 Å². The maximum Gasteiger partial charge on any atom is 0.177 e. The van der Waals surface area contributed by atoms with Crippen LogP contribution >= 0.6 is 0 Å². The minimum Gasteiger partial charge on any atom is -0.497 e. The number of benzene rings is 1. The number of nitrogens with zero attached hydrogens (tertiary/aromatic N) is 1. The monoisotopic (exact) mass is 251 g/mol. The second-order valence-electron chi connectivity index (χ2n) is 4.66. The molecule has 1 heterocycles. The van der Waals surface area contributed by atoms with E-state index >= 15 is 0 Å². The first kappa shape index (κ1) is 13.2. The first-order chi connectivity index (χ1) is 8.71. The van der Waals surface area contributed by atoms with Gasteiger partial charge in [-0.1, -0.05) is 6.92 Å². The molecular weight excluding hydrogens is 230 g/mol. The molecule has 18 heavy (non-hydrogen) atoms. The van der Waals surface area contributed by atoms with E-state index in [0.717, 1.165) is 12.3 Å². The van der Waals surface area contributed by atoms with Crippen molar-refractivity contribution in [1.82, 2.24) is 0 Å². The summed E-state index contributed by atoms with van der Waals surface area (Å²) in [5.74, 6) is 1.44. The van der Waals surface area contributed by atoms with E-state index in [-0.39, 0.29) is 12.3 Å². The van der Waals surface area contributed by atoms with Crippen molar-refractivity contribution < 1.29 is 14.2 Å². The number of hydrogen-bond acceptors (Lipinski definition) is 4. The normalized spacial score (nSPS) is 23.1. The Labute approximate surface area is 108 Å². The Hall–Kier alpha value is -1.26. The highest BCUT2D eigenvalue weighted by Crippen LogP contribution is 2.34. The summed E-state index contributed by atoms with van der Waals surface area (Å²) in [4.78, 5) is 2.31. The van der Waals surface area contributed by atoms with Crippen LogP contribution in [-0.4, -0.2) is 40.2 Å². The smallest absolute Gasteiger partial charge is 0.177 e. The van der Waals surface area contributed by atoms with Gasteiger partial charge in [-0.05, 0) is 30.2 Å². The molecule has 1 aliphatic heterocycles. The van der Waals surface area contributed by atoms with Gasteiger partial charge < -0.3 is 19.1 Å². The highest BCUT2D eigenvalue weighted by atomic mass is 16.7. The zero-order valence-corrected chi connectivity index (χ0v) is 11.4. The highest BCUT2D eigenvalue weighted by Gasteiger charge is 2.41. The average Bonchev–Trinajstić information content (AvgIpc) is 2.42. The lowest BCUT2D eigenvalue weighted by atomic mass is 9.89. The summed E-state index contributed by atoms with van der Waals surface area (Å²) in [6.07, 6.45) is -0.184. The van der Waals surface area contributed by atoms with Gasteiger partial charge in [-0.15, -0.1) is 0 Å². The van der Waals surface area contributed by atoms with Crippen molar-refractivity contribution in [2.45, 2.75) is 19.3 Å². The van der Waals surface area contributed by atoms with Crippen LogP contribution in [0, 0.1) is 5.92 Å². The molecule has 0 N–H and O–H groups in total. The molecule has 4 nitrogen and oxygen atoms in total. The van der Waals surface area contributed by atoms with E-state index < -0.39 is 0 Å². The first-order valence-corrected chi connectivity index (χ1v) is 6.17. The quantitative estimate of drug-likeness (QED) is 0.750. The Balaban J connectivity index is 2.12. The van der Waals surface area contributed by atoms with E-state index in [1.165, 1.54) is 5.69 Å². The Morgan fingerprint density at radius 1 is 1.11 bits per heavy atom. The highest BCUT2D eigenvalue weighted by molar-refractivity contribution is 5.52. The lowest BCUT2D eigenvalue weighted by Crippen LogP contribution is -2.61. The molecule has 1 fully saturated rings. The minimum absolute atomic E-state index is 0.184. The number of hydrogen-bond donors (Lipinski definition) is 0. The van der Waals surface area contributed by atoms with E-state index in [4.69, 9.17) is 14.2 Å². The lowest BCUT2D eigenvalue weighted by molar-refractivity contribution is -0.136. The van der Waals surface area contributed by atoms with Crippen LogP contribution in [0.2, 0.25) is 0 Å². The van der Waals surface area contributed by atoms with E-state index in [0.29, 0.717) is 5.92 Å². The molecule has 1 saturated heterocycles. The maximum atomic E-state index is 5.38. The predicted molar refractivity (Wildman–Crippen MR) is 71.1 cm³/mol. The van der Waals surface area contributed by atoms with Crippen molar-refractivity contribution in [3.8, 4) is 5.75 Å². The average molecular weight is 251 g/mol. The fraction of sp³-hybridized carbons (Fsp3) is 0.571. The molecule has 2 rings (SSSR count). The van der Waals surface area contributed by atoms with Crippen LogP contribution < -0.4 is 9.64 Å². The predicted octanol–water partition coefficient (Wildman–Crippen LogP) is 2.14. The van der Waals surface area contributed by atoms with Crippen LogP contribution in [0.1, 0.15) is 6.92 Å². The molecule has 0 radical (unpaired) electrons. The van der Waals surface area contributed by atoms with Crippen LogP contribution in [0.25, 0.3) is 0 Å². The molecule has 0 bridgehead atoms. The van der Waals surface area contributed by atoms with Gasteiger partial charge in [0.2, 0.25) is 0 Å². The van der Waals surface area contributed by atoms with Crippen LogP contribution in [0.4, 0.5) is 5.69 Å². The van der Waals surface area contributed by atoms with Gasteiger partial charge in [-0.25, -0.2) is 0 Å². The largest absolute Gasteiger partial charge is 0.497 e. The molecule has 2 atom stereocenters. The molecule has 1 aromatic rings. The molecule has 0 aromatic heterocycles. The fourth-order valence-electron chi connectivity index (χ4n) is 2.55. The second kappa shape index (κ2) is 5.59. The van der Waals surface area contributed by atoms with Crippen LogP contribution in [-0.2, 0) is 9.47 Å². The molecule has 4 heteroatoms. The van der Waals surface area contributed by atoms with Crippen molar-refractivity contribution in [1.29, 1.82) is 0 Å². The molecule has 0 spiro atoms. The Morgan fingerprint density at radius 2 is 1.72 bits per heavy atom. The standard InChI is InChI=1S/C14H21NO3/c1-10-9-15(13(10)14(17-3)18-4)11-5-7-12(16-2)8-6-11/h5-8,10,13-14H,9H2,1-4H3/t10-,13+/m1/s1. The zero-order valence-electron chi connectivity index (χ0n) is 11.4. The summed E-state index contributed by atoms with van der Waals surface area (Å²) in [5.41, 5.74) is 1.18. The Bertz CT molecular complexity index is 375. The minimum atomic E-state index is -0.184. The first-order valence-electron chi connectivity index (χ1n) is 6.17. The summed E-state index contributed by atoms with van der Waals surface area (Å²) in [6.45, 7) is 3.25. The number of rotatable bonds is 5. The summed E-state index contributed by atoms with van der Waals surface area (Å²) >= 11 is 0. The van der Waals surface area contributed by atoms with Gasteiger partial charge in [-0.2, -0.15) is 0 Å². The van der Waals surface area contributed by atoms with Crippen molar-refractivity contribution in [3.63, 3.8) is 0 Å². The fourth-order valence-corrected chi connectivity index (χ4v) is 2.55. The molecule has 1 aromatic carbocycles. The summed E-state index contributed by atoms with van der Waals surface area (Å²) < 4.78 is 15.9. The Kier molecular flexibility index (Phi) is 4.09. The molecule has 0 amide bonds. The summed E-state index contributed by atoms with van der Waals surface area (Å²) in [6, 6.07) is 8.36. The molecule has 1 aliphatic rings. The van der Waals surface area contributed by atoms with Gasteiger partial charge in [0.25, 0.3) is 0 Å². The molecule has 0 aliphatic carbocycles. The van der Waals surface area contributed by atoms with Crippen molar-refractivity contribution >= 4 is 5.69 Å². The van der Waals surface area contributed by atoms with E-state index in [1.54, 1.807) is 21.3 Å². The number of anilines is 1. The van der Waals surface area contributed by atoms with Crippen LogP contribution in [0.5, 0.6) is 5.75 Å². The molecular formula is C14H21NO3. The number of methoxy groups -OCH3 is 3. The molecule has 100 valence electrons. The van der Waals surface area contributed by atoms with Gasteiger partial charge in [0.1, 0.15) is 5.75 Å². The van der Waals surface area contributed by atoms with Gasteiger partial charge >= 0.3 is 0 Å². The Morgan fingerprint density at radius 3 is 2.17 bits per heavy atom. The van der Waals surface area contributed by atoms with E-state index in [2.05, 4.69) is 24.0 Å². The molecule has 0 unspecified atom stereocenters. The molecule has 0 saturated carbocycles. The SMILES string of the molecule is COc1ccc(N2C[C@@H](C)[C@H]2C(OC)OC)cc1. The van der Waals surface area contributed by atoms with Gasteiger partial charge in [0.05, 0.1) is 13.2 Å². The van der Waals surface area contributed by atoms with Gasteiger partial charge in [0, 0.05) is 26.5 Å².